The predicted molar refractivity (Wildman–Crippen MR) is 152 cm³/mol. The molecule has 0 aromatic heterocycles. The Kier molecular flexibility index (Phi) is 7.30. The molecular formula is C35H28O. The molecule has 1 nitrogen and oxygen atoms in total. The number of aryl methyl sites for hydroxylation is 2. The van der Waals surface area contributed by atoms with E-state index in [0.717, 1.165) is 45.5 Å². The largest absolute Gasteiger partial charge is 0.289 e. The fraction of sp³-hybridized carbons (Fsp3) is 0.0571. The van der Waals surface area contributed by atoms with Crippen LogP contribution in [0.1, 0.15) is 27.0 Å². The molecule has 0 amide bonds. The molecule has 1 heteroatoms. The van der Waals surface area contributed by atoms with Gasteiger partial charge in [0.25, 0.3) is 0 Å². The van der Waals surface area contributed by atoms with Crippen LogP contribution in [0.2, 0.25) is 0 Å². The van der Waals surface area contributed by atoms with Gasteiger partial charge in [0, 0.05) is 11.1 Å². The molecule has 174 valence electrons. The van der Waals surface area contributed by atoms with Gasteiger partial charge in [0.15, 0.2) is 5.78 Å². The SMILES string of the molecule is O=C(c1cccc2ccccc12)c1cccc2ccccc12.c1ccc(CCc2ccccc2)cc1. The van der Waals surface area contributed by atoms with E-state index in [1.165, 1.54) is 11.1 Å². The number of fused-ring (bicyclic) bond motifs is 2. The van der Waals surface area contributed by atoms with Gasteiger partial charge in [-0.15, -0.1) is 0 Å². The van der Waals surface area contributed by atoms with E-state index in [9.17, 15) is 4.79 Å². The summed E-state index contributed by atoms with van der Waals surface area (Å²) >= 11 is 0. The van der Waals surface area contributed by atoms with Crippen molar-refractivity contribution < 1.29 is 4.79 Å². The first kappa shape index (κ1) is 23.3. The maximum absolute atomic E-state index is 13.1. The van der Waals surface area contributed by atoms with Crippen molar-refractivity contribution in [1.82, 2.24) is 0 Å². The monoisotopic (exact) mass is 464 g/mol. The lowest BCUT2D eigenvalue weighted by Crippen LogP contribution is -2.03. The first-order chi connectivity index (χ1) is 17.8. The normalized spacial score (nSPS) is 10.6. The summed E-state index contributed by atoms with van der Waals surface area (Å²) in [4.78, 5) is 13.1. The Morgan fingerprint density at radius 1 is 0.389 bits per heavy atom. The van der Waals surface area contributed by atoms with Gasteiger partial charge in [0.05, 0.1) is 0 Å². The molecule has 0 N–H and O–H groups in total. The molecular weight excluding hydrogens is 436 g/mol. The molecule has 0 aliphatic heterocycles. The van der Waals surface area contributed by atoms with Crippen molar-refractivity contribution in [3.63, 3.8) is 0 Å². The fourth-order valence-corrected chi connectivity index (χ4v) is 4.57. The third kappa shape index (κ3) is 5.42. The molecule has 0 heterocycles. The van der Waals surface area contributed by atoms with Gasteiger partial charge >= 0.3 is 0 Å². The number of rotatable bonds is 5. The van der Waals surface area contributed by atoms with Crippen LogP contribution in [0.4, 0.5) is 0 Å². The minimum Gasteiger partial charge on any atom is -0.289 e. The van der Waals surface area contributed by atoms with E-state index >= 15 is 0 Å². The van der Waals surface area contributed by atoms with Crippen LogP contribution in [0, 0.1) is 0 Å². The van der Waals surface area contributed by atoms with Crippen LogP contribution in [0.15, 0.2) is 146 Å². The lowest BCUT2D eigenvalue weighted by Gasteiger charge is -2.08. The highest BCUT2D eigenvalue weighted by Gasteiger charge is 2.14. The number of benzene rings is 6. The van der Waals surface area contributed by atoms with Crippen molar-refractivity contribution in [2.75, 3.05) is 0 Å². The summed E-state index contributed by atoms with van der Waals surface area (Å²) < 4.78 is 0. The molecule has 6 rings (SSSR count). The van der Waals surface area contributed by atoms with Gasteiger partial charge in [-0.3, -0.25) is 4.79 Å². The van der Waals surface area contributed by atoms with Crippen LogP contribution in [-0.2, 0) is 12.8 Å². The first-order valence-electron chi connectivity index (χ1n) is 12.4. The van der Waals surface area contributed by atoms with Crippen LogP contribution in [-0.4, -0.2) is 5.78 Å². The van der Waals surface area contributed by atoms with Crippen LogP contribution in [0.3, 0.4) is 0 Å². The molecule has 0 bridgehead atoms. The molecule has 6 aromatic carbocycles. The zero-order valence-corrected chi connectivity index (χ0v) is 20.2. The van der Waals surface area contributed by atoms with E-state index in [1.54, 1.807) is 0 Å². The molecule has 6 aromatic rings. The van der Waals surface area contributed by atoms with Gasteiger partial charge in [-0.25, -0.2) is 0 Å². The Hall–Kier alpha value is -4.49. The second-order valence-corrected chi connectivity index (χ2v) is 8.85. The summed E-state index contributed by atoms with van der Waals surface area (Å²) in [7, 11) is 0. The fourth-order valence-electron chi connectivity index (χ4n) is 4.57. The van der Waals surface area contributed by atoms with Gasteiger partial charge in [0.1, 0.15) is 0 Å². The average molecular weight is 465 g/mol. The van der Waals surface area contributed by atoms with E-state index < -0.39 is 0 Å². The summed E-state index contributed by atoms with van der Waals surface area (Å²) in [6, 6.07) is 49.1. The third-order valence-corrected chi connectivity index (χ3v) is 6.46. The Balaban J connectivity index is 0.000000165. The second kappa shape index (κ2) is 11.3. The lowest BCUT2D eigenvalue weighted by molar-refractivity contribution is 0.104. The molecule has 0 saturated carbocycles. The van der Waals surface area contributed by atoms with Gasteiger partial charge in [-0.05, 0) is 45.5 Å². The minimum atomic E-state index is 0.0774. The smallest absolute Gasteiger partial charge is 0.194 e. The highest BCUT2D eigenvalue weighted by Crippen LogP contribution is 2.25. The Morgan fingerprint density at radius 2 is 0.750 bits per heavy atom. The summed E-state index contributed by atoms with van der Waals surface area (Å²) in [6.45, 7) is 0. The molecule has 0 saturated heterocycles. The average Bonchev–Trinajstić information content (AvgIpc) is 2.96. The number of ketones is 1. The summed E-state index contributed by atoms with van der Waals surface area (Å²) in [6.07, 6.45) is 2.26. The number of carbonyl (C=O) groups excluding carboxylic acids is 1. The Bertz CT molecular complexity index is 1450. The van der Waals surface area contributed by atoms with Crippen molar-refractivity contribution >= 4 is 27.3 Å². The summed E-state index contributed by atoms with van der Waals surface area (Å²) in [5.74, 6) is 0.0774. The zero-order valence-electron chi connectivity index (χ0n) is 20.2. The lowest BCUT2D eigenvalue weighted by atomic mass is 9.94. The standard InChI is InChI=1S/C21H14O.C14H14/c22-21(19-13-5-9-15-7-1-3-11-17(15)19)20-14-6-10-16-8-2-4-12-18(16)20;1-3-7-13(8-4-1)11-12-14-9-5-2-6-10-14/h1-14H;1-10H,11-12H2. The Labute approximate surface area is 212 Å². The number of hydrogen-bond donors (Lipinski definition) is 0. The van der Waals surface area contributed by atoms with E-state index in [-0.39, 0.29) is 5.78 Å². The maximum Gasteiger partial charge on any atom is 0.194 e. The van der Waals surface area contributed by atoms with Gasteiger partial charge in [-0.1, -0.05) is 146 Å². The topological polar surface area (TPSA) is 17.1 Å². The van der Waals surface area contributed by atoms with Crippen molar-refractivity contribution in [2.45, 2.75) is 12.8 Å². The first-order valence-corrected chi connectivity index (χ1v) is 12.4. The number of hydrogen-bond acceptors (Lipinski definition) is 1. The van der Waals surface area contributed by atoms with Gasteiger partial charge in [-0.2, -0.15) is 0 Å². The molecule has 0 aliphatic carbocycles. The second-order valence-electron chi connectivity index (χ2n) is 8.85. The Morgan fingerprint density at radius 3 is 1.19 bits per heavy atom. The van der Waals surface area contributed by atoms with Crippen LogP contribution in [0.25, 0.3) is 21.5 Å². The molecule has 0 fully saturated rings. The zero-order chi connectivity index (χ0) is 24.6. The quantitative estimate of drug-likeness (QED) is 0.233. The minimum absolute atomic E-state index is 0.0774. The van der Waals surface area contributed by atoms with Crippen LogP contribution in [0.5, 0.6) is 0 Å². The molecule has 0 aliphatic rings. The highest BCUT2D eigenvalue weighted by molar-refractivity contribution is 6.21. The van der Waals surface area contributed by atoms with Crippen molar-refractivity contribution in [3.05, 3.63) is 168 Å². The van der Waals surface area contributed by atoms with Crippen LogP contribution >= 0.6 is 0 Å². The van der Waals surface area contributed by atoms with Crippen molar-refractivity contribution in [2.24, 2.45) is 0 Å². The molecule has 0 unspecified atom stereocenters. The molecule has 36 heavy (non-hydrogen) atoms. The van der Waals surface area contributed by atoms with E-state index in [1.807, 2.05) is 84.9 Å². The van der Waals surface area contributed by atoms with E-state index in [0.29, 0.717) is 0 Å². The van der Waals surface area contributed by atoms with E-state index in [4.69, 9.17) is 0 Å². The van der Waals surface area contributed by atoms with Gasteiger partial charge < -0.3 is 0 Å². The third-order valence-electron chi connectivity index (χ3n) is 6.46. The highest BCUT2D eigenvalue weighted by atomic mass is 16.1. The molecule has 0 spiro atoms. The van der Waals surface area contributed by atoms with Gasteiger partial charge in [0.2, 0.25) is 0 Å². The predicted octanol–water partition coefficient (Wildman–Crippen LogP) is 8.70. The molecule has 0 atom stereocenters. The maximum atomic E-state index is 13.1. The van der Waals surface area contributed by atoms with Crippen molar-refractivity contribution in [1.29, 1.82) is 0 Å². The number of carbonyl (C=O) groups is 1. The van der Waals surface area contributed by atoms with Crippen LogP contribution < -0.4 is 0 Å². The van der Waals surface area contributed by atoms with E-state index in [2.05, 4.69) is 60.7 Å². The summed E-state index contributed by atoms with van der Waals surface area (Å²) in [5.41, 5.74) is 4.34. The van der Waals surface area contributed by atoms with Crippen molar-refractivity contribution in [3.8, 4) is 0 Å². The summed E-state index contributed by atoms with van der Waals surface area (Å²) in [5, 5.41) is 4.19. The molecule has 0 radical (unpaired) electrons.